The van der Waals surface area contributed by atoms with Gasteiger partial charge in [-0.2, -0.15) is 0 Å². The maximum atomic E-state index is 13.2. The molecule has 0 aliphatic heterocycles. The van der Waals surface area contributed by atoms with E-state index in [2.05, 4.69) is 15.0 Å². The van der Waals surface area contributed by atoms with Gasteiger partial charge in [0.1, 0.15) is 29.0 Å². The molecular weight excluding hydrogens is 373 g/mol. The molecule has 0 saturated heterocycles. The second-order valence-electron chi connectivity index (χ2n) is 6.60. The monoisotopic (exact) mass is 387 g/mol. The smallest absolute Gasteiger partial charge is 0.193 e. The Bertz CT molecular complexity index is 1420. The largest absolute Gasteiger partial charge is 0.459 e. The standard InChI is InChI=1S/C21H14FN5O2/c22-14-4-1-12(2-5-14)13-3-6-18-16(7-13)17(28)8-15(29-18)9-27-11-26-19-20(23)24-10-25-21(19)27/h1-8,10-11H,9H2,(H2,23,24,25). The number of halogens is 1. The van der Waals surface area contributed by atoms with E-state index in [1.54, 1.807) is 35.2 Å². The van der Waals surface area contributed by atoms with Crippen molar-refractivity contribution in [2.45, 2.75) is 6.54 Å². The summed E-state index contributed by atoms with van der Waals surface area (Å²) in [6.45, 7) is 0.276. The third kappa shape index (κ3) is 3.00. The lowest BCUT2D eigenvalue weighted by molar-refractivity contribution is 0.518. The highest BCUT2D eigenvalue weighted by atomic mass is 19.1. The van der Waals surface area contributed by atoms with Crippen LogP contribution in [0.2, 0.25) is 0 Å². The number of nitrogens with zero attached hydrogens (tertiary/aromatic N) is 4. The van der Waals surface area contributed by atoms with Crippen LogP contribution in [-0.4, -0.2) is 19.5 Å². The zero-order chi connectivity index (χ0) is 20.0. The average Bonchev–Trinajstić information content (AvgIpc) is 3.13. The van der Waals surface area contributed by atoms with Crippen molar-refractivity contribution in [3.63, 3.8) is 0 Å². The van der Waals surface area contributed by atoms with Gasteiger partial charge in [-0.1, -0.05) is 18.2 Å². The van der Waals surface area contributed by atoms with E-state index >= 15 is 0 Å². The molecule has 0 aliphatic carbocycles. The van der Waals surface area contributed by atoms with Crippen molar-refractivity contribution in [3.05, 3.63) is 83.0 Å². The molecule has 0 fully saturated rings. The molecule has 0 amide bonds. The van der Waals surface area contributed by atoms with Crippen LogP contribution in [0.15, 0.2) is 70.4 Å². The Kier molecular flexibility index (Phi) is 3.83. The van der Waals surface area contributed by atoms with Gasteiger partial charge in [0, 0.05) is 6.07 Å². The molecule has 0 unspecified atom stereocenters. The lowest BCUT2D eigenvalue weighted by atomic mass is 10.0. The van der Waals surface area contributed by atoms with Crippen molar-refractivity contribution in [1.82, 2.24) is 19.5 Å². The maximum absolute atomic E-state index is 13.2. The molecule has 0 atom stereocenters. The Morgan fingerprint density at radius 1 is 1.00 bits per heavy atom. The Labute approximate surface area is 163 Å². The van der Waals surface area contributed by atoms with Crippen LogP contribution in [0.25, 0.3) is 33.3 Å². The molecule has 142 valence electrons. The zero-order valence-corrected chi connectivity index (χ0v) is 15.0. The molecule has 2 aromatic carbocycles. The summed E-state index contributed by atoms with van der Waals surface area (Å²) >= 11 is 0. The van der Waals surface area contributed by atoms with E-state index in [0.29, 0.717) is 33.7 Å². The van der Waals surface area contributed by atoms with Gasteiger partial charge in [-0.15, -0.1) is 0 Å². The normalized spacial score (nSPS) is 11.3. The van der Waals surface area contributed by atoms with Crippen molar-refractivity contribution in [2.75, 3.05) is 5.73 Å². The predicted molar refractivity (Wildman–Crippen MR) is 107 cm³/mol. The fourth-order valence-electron chi connectivity index (χ4n) is 3.29. The molecule has 29 heavy (non-hydrogen) atoms. The van der Waals surface area contributed by atoms with E-state index < -0.39 is 0 Å². The Hall–Kier alpha value is -4.07. The number of aromatic nitrogens is 4. The molecule has 5 rings (SSSR count). The Morgan fingerprint density at radius 2 is 1.79 bits per heavy atom. The third-order valence-electron chi connectivity index (χ3n) is 4.71. The SMILES string of the molecule is Nc1ncnc2c1ncn2Cc1cc(=O)c2cc(-c3ccc(F)cc3)ccc2o1. The number of hydrogen-bond donors (Lipinski definition) is 1. The number of anilines is 1. The number of nitrogens with two attached hydrogens (primary N) is 1. The fraction of sp³-hybridized carbons (Fsp3) is 0.0476. The van der Waals surface area contributed by atoms with Gasteiger partial charge in [-0.25, -0.2) is 19.3 Å². The maximum Gasteiger partial charge on any atom is 0.193 e. The lowest BCUT2D eigenvalue weighted by Crippen LogP contribution is -2.06. The van der Waals surface area contributed by atoms with Crippen molar-refractivity contribution < 1.29 is 8.81 Å². The van der Waals surface area contributed by atoms with Crippen LogP contribution in [0.1, 0.15) is 5.76 Å². The second-order valence-corrected chi connectivity index (χ2v) is 6.60. The minimum absolute atomic E-state index is 0.163. The van der Waals surface area contributed by atoms with Crippen LogP contribution in [-0.2, 0) is 6.54 Å². The number of nitrogen functional groups attached to an aromatic ring is 1. The summed E-state index contributed by atoms with van der Waals surface area (Å²) in [6, 6.07) is 12.9. The number of benzene rings is 2. The topological polar surface area (TPSA) is 99.8 Å². The van der Waals surface area contributed by atoms with Crippen molar-refractivity contribution in [3.8, 4) is 11.1 Å². The van der Waals surface area contributed by atoms with Gasteiger partial charge in [-0.05, 0) is 35.4 Å². The minimum atomic E-state index is -0.308. The molecule has 7 nitrogen and oxygen atoms in total. The lowest BCUT2D eigenvalue weighted by Gasteiger charge is -2.07. The average molecular weight is 387 g/mol. The molecule has 3 aromatic heterocycles. The molecule has 0 radical (unpaired) electrons. The van der Waals surface area contributed by atoms with Crippen LogP contribution < -0.4 is 11.2 Å². The molecule has 0 saturated carbocycles. The van der Waals surface area contributed by atoms with Crippen LogP contribution in [0.4, 0.5) is 10.2 Å². The first kappa shape index (κ1) is 17.1. The Morgan fingerprint density at radius 3 is 2.62 bits per heavy atom. The van der Waals surface area contributed by atoms with Gasteiger partial charge >= 0.3 is 0 Å². The summed E-state index contributed by atoms with van der Waals surface area (Å²) in [6.07, 6.45) is 2.95. The first-order valence-electron chi connectivity index (χ1n) is 8.82. The van der Waals surface area contributed by atoms with Gasteiger partial charge in [0.25, 0.3) is 0 Å². The van der Waals surface area contributed by atoms with Gasteiger partial charge < -0.3 is 14.7 Å². The van der Waals surface area contributed by atoms with E-state index in [-0.39, 0.29) is 17.8 Å². The summed E-state index contributed by atoms with van der Waals surface area (Å²) in [4.78, 5) is 25.0. The van der Waals surface area contributed by atoms with E-state index in [9.17, 15) is 9.18 Å². The van der Waals surface area contributed by atoms with E-state index in [1.165, 1.54) is 24.5 Å². The molecule has 0 bridgehead atoms. The van der Waals surface area contributed by atoms with Gasteiger partial charge in [0.2, 0.25) is 0 Å². The minimum Gasteiger partial charge on any atom is -0.459 e. The molecule has 0 aliphatic rings. The number of hydrogen-bond acceptors (Lipinski definition) is 6. The van der Waals surface area contributed by atoms with Crippen molar-refractivity contribution >= 4 is 28.0 Å². The first-order valence-corrected chi connectivity index (χ1v) is 8.82. The number of rotatable bonds is 3. The van der Waals surface area contributed by atoms with E-state index in [4.69, 9.17) is 10.2 Å². The van der Waals surface area contributed by atoms with Gasteiger partial charge in [0.05, 0.1) is 18.3 Å². The predicted octanol–water partition coefficient (Wildman–Crippen LogP) is 3.37. The molecule has 2 N–H and O–H groups in total. The third-order valence-corrected chi connectivity index (χ3v) is 4.71. The molecule has 5 aromatic rings. The second kappa shape index (κ2) is 6.52. The van der Waals surface area contributed by atoms with Crippen molar-refractivity contribution in [2.24, 2.45) is 0 Å². The Balaban J connectivity index is 1.54. The summed E-state index contributed by atoms with van der Waals surface area (Å²) < 4.78 is 20.8. The van der Waals surface area contributed by atoms with E-state index in [1.807, 2.05) is 6.07 Å². The molecule has 8 heteroatoms. The summed E-state index contributed by atoms with van der Waals surface area (Å²) in [5.74, 6) is 0.452. The molecule has 0 spiro atoms. The summed E-state index contributed by atoms with van der Waals surface area (Å²) in [7, 11) is 0. The van der Waals surface area contributed by atoms with Gasteiger partial charge in [0.15, 0.2) is 16.9 Å². The molecule has 3 heterocycles. The fourth-order valence-corrected chi connectivity index (χ4v) is 3.29. The molecular formula is C21H14FN5O2. The van der Waals surface area contributed by atoms with Crippen molar-refractivity contribution in [1.29, 1.82) is 0 Å². The zero-order valence-electron chi connectivity index (χ0n) is 15.0. The van der Waals surface area contributed by atoms with Crippen LogP contribution >= 0.6 is 0 Å². The van der Waals surface area contributed by atoms with E-state index in [0.717, 1.165) is 11.1 Å². The number of fused-ring (bicyclic) bond motifs is 2. The quantitative estimate of drug-likeness (QED) is 0.509. The highest BCUT2D eigenvalue weighted by Crippen LogP contribution is 2.24. The highest BCUT2D eigenvalue weighted by molar-refractivity contribution is 5.83. The summed E-state index contributed by atoms with van der Waals surface area (Å²) in [5.41, 5.74) is 8.81. The first-order chi connectivity index (χ1) is 14.1. The summed E-state index contributed by atoms with van der Waals surface area (Å²) in [5, 5.41) is 0.456. The van der Waals surface area contributed by atoms with Gasteiger partial charge in [-0.3, -0.25) is 4.79 Å². The highest BCUT2D eigenvalue weighted by Gasteiger charge is 2.11. The number of imidazole rings is 1. The van der Waals surface area contributed by atoms with Crippen LogP contribution in [0.3, 0.4) is 0 Å². The van der Waals surface area contributed by atoms with Crippen LogP contribution in [0.5, 0.6) is 0 Å². The van der Waals surface area contributed by atoms with Crippen LogP contribution in [0, 0.1) is 5.82 Å².